The van der Waals surface area contributed by atoms with Crippen molar-refractivity contribution >= 4 is 79.8 Å². The van der Waals surface area contributed by atoms with Crippen LogP contribution in [0.3, 0.4) is 0 Å². The Bertz CT molecular complexity index is 2120. The molecule has 1 fully saturated rings. The number of aromatic amines is 1. The maximum atomic E-state index is 14.2. The fraction of sp³-hybridized carbons (Fsp3) is 0.194. The number of nitrogens with zero attached hydrogens (tertiary/aromatic N) is 1. The third-order valence-corrected chi connectivity index (χ3v) is 11.2. The quantitative estimate of drug-likeness (QED) is 0.169. The molecule has 4 aromatic rings. The Hall–Kier alpha value is -4.48. The molecular formula is C31H25ClN4O9S3. The van der Waals surface area contributed by atoms with Crippen molar-refractivity contribution in [2.24, 2.45) is 11.1 Å². The number of ether oxygens (including phenoxy) is 2. The van der Waals surface area contributed by atoms with Crippen LogP contribution in [0.1, 0.15) is 33.6 Å². The average Bonchev–Trinajstić information content (AvgIpc) is 3.54. The number of carbonyl (C=O) groups is 4. The topological polar surface area (TPSA) is 195 Å². The number of primary sulfonamides is 1. The van der Waals surface area contributed by atoms with Crippen molar-refractivity contribution in [3.8, 4) is 5.75 Å². The number of nitrogens with two attached hydrogens (primary N) is 1. The van der Waals surface area contributed by atoms with Gasteiger partial charge in [-0.2, -0.15) is 0 Å². The number of H-pyrrole nitrogens is 1. The number of imide groups is 1. The van der Waals surface area contributed by atoms with Crippen molar-refractivity contribution in [3.05, 3.63) is 97.4 Å². The van der Waals surface area contributed by atoms with E-state index >= 15 is 0 Å². The number of sulfonamides is 1. The molecule has 0 saturated carbocycles. The summed E-state index contributed by atoms with van der Waals surface area (Å²) in [4.78, 5) is 69.3. The highest BCUT2D eigenvalue weighted by atomic mass is 35.5. The zero-order valence-corrected chi connectivity index (χ0v) is 28.0. The van der Waals surface area contributed by atoms with Crippen LogP contribution in [-0.2, 0) is 29.1 Å². The molecule has 1 saturated heterocycles. The van der Waals surface area contributed by atoms with Crippen LogP contribution in [-0.4, -0.2) is 55.6 Å². The predicted octanol–water partition coefficient (Wildman–Crippen LogP) is 3.73. The molecule has 4 N–H and O–H groups in total. The molecule has 0 bridgehead atoms. The van der Waals surface area contributed by atoms with Crippen LogP contribution in [0, 0.1) is 5.92 Å². The van der Waals surface area contributed by atoms with Gasteiger partial charge in [-0.25, -0.2) is 23.3 Å². The number of thioether (sulfide) groups is 1. The van der Waals surface area contributed by atoms with Gasteiger partial charge in [0.25, 0.3) is 5.91 Å². The van der Waals surface area contributed by atoms with Gasteiger partial charge in [0.1, 0.15) is 11.0 Å². The van der Waals surface area contributed by atoms with Gasteiger partial charge in [0, 0.05) is 27.1 Å². The van der Waals surface area contributed by atoms with E-state index in [1.54, 1.807) is 19.1 Å². The van der Waals surface area contributed by atoms with E-state index in [2.05, 4.69) is 10.3 Å². The van der Waals surface area contributed by atoms with Crippen molar-refractivity contribution in [1.29, 1.82) is 0 Å². The van der Waals surface area contributed by atoms with Gasteiger partial charge in [-0.15, -0.1) is 0 Å². The Labute approximate surface area is 286 Å². The van der Waals surface area contributed by atoms with Crippen molar-refractivity contribution in [1.82, 2.24) is 4.98 Å². The molecule has 2 aliphatic rings. The lowest BCUT2D eigenvalue weighted by atomic mass is 9.82. The number of rotatable bonds is 9. The second kappa shape index (κ2) is 13.2. The van der Waals surface area contributed by atoms with Crippen LogP contribution in [0.4, 0.5) is 11.4 Å². The number of amides is 3. The molecule has 3 unspecified atom stereocenters. The zero-order chi connectivity index (χ0) is 34.3. The average molecular weight is 729 g/mol. The van der Waals surface area contributed by atoms with Crippen molar-refractivity contribution < 1.29 is 37.1 Å². The number of anilines is 2. The Kier molecular flexibility index (Phi) is 9.19. The normalized spacial score (nSPS) is 18.6. The summed E-state index contributed by atoms with van der Waals surface area (Å²) < 4.78 is 34.0. The molecule has 248 valence electrons. The molecule has 3 amide bonds. The molecule has 3 atom stereocenters. The molecule has 48 heavy (non-hydrogen) atoms. The number of hydrogen-bond donors (Lipinski definition) is 3. The van der Waals surface area contributed by atoms with Gasteiger partial charge in [-0.1, -0.05) is 34.7 Å². The van der Waals surface area contributed by atoms with E-state index in [9.17, 15) is 32.4 Å². The first-order valence-electron chi connectivity index (χ1n) is 14.3. The van der Waals surface area contributed by atoms with Gasteiger partial charge in [0.2, 0.25) is 21.8 Å². The number of halogens is 1. The number of thiazole rings is 1. The monoisotopic (exact) mass is 728 g/mol. The molecule has 13 nitrogen and oxygen atoms in total. The van der Waals surface area contributed by atoms with Gasteiger partial charge < -0.3 is 19.8 Å². The van der Waals surface area contributed by atoms with E-state index < -0.39 is 57.4 Å². The minimum absolute atomic E-state index is 0.120. The van der Waals surface area contributed by atoms with Gasteiger partial charge in [0.15, 0.2) is 6.61 Å². The molecular weight excluding hydrogens is 704 g/mol. The third-order valence-electron chi connectivity index (χ3n) is 7.59. The van der Waals surface area contributed by atoms with E-state index in [0.29, 0.717) is 26.2 Å². The number of benzene rings is 3. The summed E-state index contributed by atoms with van der Waals surface area (Å²) in [7, 11) is -3.91. The summed E-state index contributed by atoms with van der Waals surface area (Å²) in [6, 6.07) is 15.8. The lowest BCUT2D eigenvalue weighted by molar-refractivity contribution is -0.122. The Morgan fingerprint density at radius 2 is 1.73 bits per heavy atom. The van der Waals surface area contributed by atoms with Crippen LogP contribution in [0.25, 0.3) is 0 Å². The molecule has 0 aliphatic carbocycles. The molecule has 0 spiro atoms. The van der Waals surface area contributed by atoms with Crippen LogP contribution in [0.5, 0.6) is 5.75 Å². The van der Waals surface area contributed by atoms with Crippen LogP contribution < -0.4 is 25.0 Å². The van der Waals surface area contributed by atoms with Crippen LogP contribution in [0.15, 0.2) is 81.4 Å². The van der Waals surface area contributed by atoms with Gasteiger partial charge >= 0.3 is 10.8 Å². The highest BCUT2D eigenvalue weighted by Crippen LogP contribution is 2.54. The molecule has 6 rings (SSSR count). The molecule has 1 aromatic heterocycles. The molecule has 3 heterocycles. The Morgan fingerprint density at radius 1 is 1.02 bits per heavy atom. The number of esters is 1. The first-order chi connectivity index (χ1) is 22.8. The van der Waals surface area contributed by atoms with Crippen LogP contribution in [0.2, 0.25) is 5.02 Å². The van der Waals surface area contributed by atoms with Gasteiger partial charge in [0.05, 0.1) is 33.7 Å². The molecule has 0 radical (unpaired) electrons. The van der Waals surface area contributed by atoms with Gasteiger partial charge in [-0.05, 0) is 73.7 Å². The standard InChI is InChI=1S/C31H25ClN4O9S3/c1-2-44-30(40)15-3-8-18(9-4-15)36-28(38)24-23(25-27(35-31(41)47-25)46-26(24)29(36)39)20-13-16(32)5-12-21(20)45-14-22(37)34-17-6-10-19(11-7-17)48(33,42)43/h3-13,23-24,26H,2,14H2,1H3,(H,34,37)(H,35,41)(H2,33,42,43). The highest BCUT2D eigenvalue weighted by molar-refractivity contribution is 8.00. The van der Waals surface area contributed by atoms with Crippen molar-refractivity contribution in [2.75, 3.05) is 23.4 Å². The summed E-state index contributed by atoms with van der Waals surface area (Å²) in [5.41, 5.74) is 1.21. The fourth-order valence-corrected chi connectivity index (χ4v) is 8.73. The number of aromatic nitrogens is 1. The zero-order valence-electron chi connectivity index (χ0n) is 24.8. The predicted molar refractivity (Wildman–Crippen MR) is 178 cm³/mol. The molecule has 2 aliphatic heterocycles. The maximum Gasteiger partial charge on any atom is 0.338 e. The van der Waals surface area contributed by atoms with E-state index in [-0.39, 0.29) is 33.4 Å². The second-order valence-corrected chi connectivity index (χ2v) is 14.8. The minimum Gasteiger partial charge on any atom is -0.483 e. The van der Waals surface area contributed by atoms with Crippen LogP contribution >= 0.6 is 34.7 Å². The fourth-order valence-electron chi connectivity index (χ4n) is 5.53. The number of fused-ring (bicyclic) bond motifs is 2. The number of carbonyl (C=O) groups excluding carboxylic acids is 4. The van der Waals surface area contributed by atoms with Crippen molar-refractivity contribution in [2.45, 2.75) is 28.0 Å². The summed E-state index contributed by atoms with van der Waals surface area (Å²) in [5, 5.41) is 7.54. The molecule has 3 aromatic carbocycles. The number of nitrogens with one attached hydrogen (secondary N) is 2. The van der Waals surface area contributed by atoms with E-state index in [0.717, 1.165) is 28.0 Å². The lowest BCUT2D eigenvalue weighted by Crippen LogP contribution is -2.32. The van der Waals surface area contributed by atoms with Crippen molar-refractivity contribution in [3.63, 3.8) is 0 Å². The smallest absolute Gasteiger partial charge is 0.338 e. The van der Waals surface area contributed by atoms with E-state index in [4.69, 9.17) is 26.2 Å². The Balaban J connectivity index is 1.30. The summed E-state index contributed by atoms with van der Waals surface area (Å²) in [6.07, 6.45) is 0. The highest BCUT2D eigenvalue weighted by Gasteiger charge is 2.57. The molecule has 17 heteroatoms. The summed E-state index contributed by atoms with van der Waals surface area (Å²) in [5.74, 6) is -3.77. The minimum atomic E-state index is -3.91. The first kappa shape index (κ1) is 33.4. The lowest BCUT2D eigenvalue weighted by Gasteiger charge is -2.31. The maximum absolute atomic E-state index is 14.2. The van der Waals surface area contributed by atoms with E-state index in [1.807, 2.05) is 0 Å². The van der Waals surface area contributed by atoms with E-state index in [1.165, 1.54) is 54.6 Å². The largest absolute Gasteiger partial charge is 0.483 e. The Morgan fingerprint density at radius 3 is 2.40 bits per heavy atom. The number of hydrogen-bond acceptors (Lipinski definition) is 11. The summed E-state index contributed by atoms with van der Waals surface area (Å²) >= 11 is 8.41. The SMILES string of the molecule is CCOC(=O)c1ccc(N2C(=O)C3Sc4[nH]c(=O)sc4C(c4cc(Cl)ccc4OCC(=O)Nc4ccc(S(N)(=O)=O)cc4)C3C2=O)cc1. The second-order valence-electron chi connectivity index (χ2n) is 10.6. The first-order valence-corrected chi connectivity index (χ1v) is 17.9. The van der Waals surface area contributed by atoms with Gasteiger partial charge in [-0.3, -0.25) is 19.2 Å². The summed E-state index contributed by atoms with van der Waals surface area (Å²) in [6.45, 7) is 1.39. The third kappa shape index (κ3) is 6.49.